The molecule has 2 heterocycles. The van der Waals surface area contributed by atoms with Gasteiger partial charge in [0, 0.05) is 32.1 Å². The molecule has 2 amide bonds. The maximum Gasteiger partial charge on any atom is 0.233 e. The summed E-state index contributed by atoms with van der Waals surface area (Å²) >= 11 is 0. The summed E-state index contributed by atoms with van der Waals surface area (Å²) in [6, 6.07) is 0. The van der Waals surface area contributed by atoms with E-state index < -0.39 is 0 Å². The molecule has 0 spiro atoms. The predicted octanol–water partition coefficient (Wildman–Crippen LogP) is 1.89. The van der Waals surface area contributed by atoms with Crippen molar-refractivity contribution < 1.29 is 9.59 Å². The summed E-state index contributed by atoms with van der Waals surface area (Å²) in [6.45, 7) is 9.49. The first-order valence-electron chi connectivity index (χ1n) is 6.03. The second kappa shape index (κ2) is 6.89. The Morgan fingerprint density at radius 1 is 0.882 bits per heavy atom. The summed E-state index contributed by atoms with van der Waals surface area (Å²) in [5.41, 5.74) is 0. The van der Waals surface area contributed by atoms with Crippen LogP contribution in [0, 0.1) is 0 Å². The highest BCUT2D eigenvalue weighted by atomic mass is 16.2. The van der Waals surface area contributed by atoms with Crippen LogP contribution in [0.1, 0.15) is 32.1 Å². The molecule has 2 fully saturated rings. The summed E-state index contributed by atoms with van der Waals surface area (Å²) in [7, 11) is 0. The highest BCUT2D eigenvalue weighted by Gasteiger charge is 2.25. The van der Waals surface area contributed by atoms with Gasteiger partial charge in [-0.05, 0) is 25.5 Å². The molecule has 0 aliphatic carbocycles. The van der Waals surface area contributed by atoms with Crippen LogP contribution in [0.4, 0.5) is 0 Å². The molecular weight excluding hydrogens is 216 g/mol. The van der Waals surface area contributed by atoms with Gasteiger partial charge in [-0.2, -0.15) is 0 Å². The van der Waals surface area contributed by atoms with E-state index in [0.717, 1.165) is 4.90 Å². The van der Waals surface area contributed by atoms with Crippen molar-refractivity contribution in [1.29, 1.82) is 0 Å². The normalized spacial score (nSPS) is 19.8. The number of amides is 2. The van der Waals surface area contributed by atoms with Gasteiger partial charge in [0.05, 0.1) is 0 Å². The SMILES string of the molecule is C=CN1C(=O)CCC1=O.C=CN1CCCCC1. The van der Waals surface area contributed by atoms with Crippen molar-refractivity contribution in [2.75, 3.05) is 13.1 Å². The average molecular weight is 236 g/mol. The van der Waals surface area contributed by atoms with Gasteiger partial charge in [0.15, 0.2) is 0 Å². The van der Waals surface area contributed by atoms with E-state index in [1.54, 1.807) is 0 Å². The Hall–Kier alpha value is -1.58. The fourth-order valence-electron chi connectivity index (χ4n) is 1.90. The number of piperidine rings is 1. The van der Waals surface area contributed by atoms with Gasteiger partial charge in [-0.25, -0.2) is 0 Å². The van der Waals surface area contributed by atoms with E-state index in [9.17, 15) is 9.59 Å². The zero-order valence-electron chi connectivity index (χ0n) is 10.2. The molecule has 0 aromatic heterocycles. The second-order valence-electron chi connectivity index (χ2n) is 4.12. The number of hydrogen-bond donors (Lipinski definition) is 0. The number of imide groups is 1. The third kappa shape index (κ3) is 4.06. The Morgan fingerprint density at radius 2 is 1.41 bits per heavy atom. The fourth-order valence-corrected chi connectivity index (χ4v) is 1.90. The zero-order chi connectivity index (χ0) is 12.7. The summed E-state index contributed by atoms with van der Waals surface area (Å²) in [4.78, 5) is 24.6. The minimum Gasteiger partial charge on any atom is -0.378 e. The number of rotatable bonds is 2. The lowest BCUT2D eigenvalue weighted by Crippen LogP contribution is -2.23. The smallest absolute Gasteiger partial charge is 0.233 e. The van der Waals surface area contributed by atoms with Gasteiger partial charge < -0.3 is 4.90 Å². The summed E-state index contributed by atoms with van der Waals surface area (Å²) < 4.78 is 0. The molecule has 17 heavy (non-hydrogen) atoms. The van der Waals surface area contributed by atoms with E-state index in [2.05, 4.69) is 18.1 Å². The van der Waals surface area contributed by atoms with Gasteiger partial charge in [-0.1, -0.05) is 13.2 Å². The molecule has 0 aromatic carbocycles. The van der Waals surface area contributed by atoms with Gasteiger partial charge in [0.2, 0.25) is 11.8 Å². The van der Waals surface area contributed by atoms with E-state index in [4.69, 9.17) is 0 Å². The Balaban J connectivity index is 0.000000171. The van der Waals surface area contributed by atoms with Crippen molar-refractivity contribution >= 4 is 11.8 Å². The second-order valence-corrected chi connectivity index (χ2v) is 4.12. The first-order chi connectivity index (χ1) is 8.19. The third-order valence-electron chi connectivity index (χ3n) is 2.92. The number of carbonyl (C=O) groups is 2. The lowest BCUT2D eigenvalue weighted by Gasteiger charge is -2.23. The molecule has 2 rings (SSSR count). The van der Waals surface area contributed by atoms with Crippen molar-refractivity contribution in [3.05, 3.63) is 25.6 Å². The van der Waals surface area contributed by atoms with Gasteiger partial charge in [0.1, 0.15) is 0 Å². The molecular formula is C13H20N2O2. The van der Waals surface area contributed by atoms with Crippen LogP contribution >= 0.6 is 0 Å². The van der Waals surface area contributed by atoms with Crippen molar-refractivity contribution in [2.24, 2.45) is 0 Å². The van der Waals surface area contributed by atoms with Crippen LogP contribution in [-0.2, 0) is 9.59 Å². The van der Waals surface area contributed by atoms with E-state index >= 15 is 0 Å². The zero-order valence-corrected chi connectivity index (χ0v) is 10.2. The standard InChI is InChI=1S/C7H13N.C6H7NO2/c1-2-8-6-4-3-5-7-8;1-2-7-5(8)3-4-6(7)9/h2H,1,3-7H2;2H,1,3-4H2. The molecule has 4 heteroatoms. The third-order valence-corrected chi connectivity index (χ3v) is 2.92. The van der Waals surface area contributed by atoms with Crippen molar-refractivity contribution in [2.45, 2.75) is 32.1 Å². The molecule has 0 unspecified atom stereocenters. The Morgan fingerprint density at radius 3 is 1.71 bits per heavy atom. The molecule has 0 N–H and O–H groups in total. The van der Waals surface area contributed by atoms with Crippen molar-refractivity contribution in [1.82, 2.24) is 9.80 Å². The van der Waals surface area contributed by atoms with Crippen LogP contribution in [0.2, 0.25) is 0 Å². The number of nitrogens with zero attached hydrogens (tertiary/aromatic N) is 2. The molecule has 2 saturated heterocycles. The Kier molecular flexibility index (Phi) is 5.46. The highest BCUT2D eigenvalue weighted by molar-refractivity contribution is 6.02. The fraction of sp³-hybridized carbons (Fsp3) is 0.538. The molecule has 4 nitrogen and oxygen atoms in total. The number of carbonyl (C=O) groups excluding carboxylic acids is 2. The van der Waals surface area contributed by atoms with E-state index in [1.807, 2.05) is 6.20 Å². The van der Waals surface area contributed by atoms with Crippen LogP contribution in [0.15, 0.2) is 25.6 Å². The van der Waals surface area contributed by atoms with Crippen molar-refractivity contribution in [3.8, 4) is 0 Å². The molecule has 2 aliphatic heterocycles. The van der Waals surface area contributed by atoms with Crippen LogP contribution in [-0.4, -0.2) is 34.7 Å². The Labute approximate surface area is 103 Å². The summed E-state index contributed by atoms with van der Waals surface area (Å²) in [5.74, 6) is -0.287. The lowest BCUT2D eigenvalue weighted by molar-refractivity contribution is -0.135. The maximum absolute atomic E-state index is 10.6. The number of likely N-dealkylation sites (tertiary alicyclic amines) is 2. The first-order valence-corrected chi connectivity index (χ1v) is 6.03. The quantitative estimate of drug-likeness (QED) is 0.687. The topological polar surface area (TPSA) is 40.6 Å². The van der Waals surface area contributed by atoms with Crippen LogP contribution in [0.5, 0.6) is 0 Å². The summed E-state index contributed by atoms with van der Waals surface area (Å²) in [6.07, 6.45) is 7.99. The molecule has 0 aromatic rings. The molecule has 0 bridgehead atoms. The first kappa shape index (κ1) is 13.5. The van der Waals surface area contributed by atoms with E-state index in [1.165, 1.54) is 38.6 Å². The van der Waals surface area contributed by atoms with Gasteiger partial charge in [0.25, 0.3) is 0 Å². The van der Waals surface area contributed by atoms with Gasteiger partial charge in [-0.15, -0.1) is 0 Å². The molecule has 94 valence electrons. The van der Waals surface area contributed by atoms with Crippen LogP contribution in [0.25, 0.3) is 0 Å². The minimum absolute atomic E-state index is 0.144. The largest absolute Gasteiger partial charge is 0.378 e. The van der Waals surface area contributed by atoms with Gasteiger partial charge >= 0.3 is 0 Å². The monoisotopic (exact) mass is 236 g/mol. The highest BCUT2D eigenvalue weighted by Crippen LogP contribution is 2.10. The number of hydrogen-bond acceptors (Lipinski definition) is 3. The molecule has 2 aliphatic rings. The van der Waals surface area contributed by atoms with Crippen LogP contribution in [0.3, 0.4) is 0 Å². The lowest BCUT2D eigenvalue weighted by atomic mass is 10.1. The molecule has 0 saturated carbocycles. The summed E-state index contributed by atoms with van der Waals surface area (Å²) in [5, 5.41) is 0. The van der Waals surface area contributed by atoms with E-state index in [0.29, 0.717) is 12.8 Å². The predicted molar refractivity (Wildman–Crippen MR) is 66.9 cm³/mol. The van der Waals surface area contributed by atoms with Gasteiger partial charge in [-0.3, -0.25) is 14.5 Å². The van der Waals surface area contributed by atoms with Crippen molar-refractivity contribution in [3.63, 3.8) is 0 Å². The minimum atomic E-state index is -0.144. The average Bonchev–Trinajstić information content (AvgIpc) is 2.70. The Bertz CT molecular complexity index is 291. The molecule has 0 radical (unpaired) electrons. The van der Waals surface area contributed by atoms with Crippen LogP contribution < -0.4 is 0 Å². The maximum atomic E-state index is 10.6. The molecule has 0 atom stereocenters. The van der Waals surface area contributed by atoms with E-state index in [-0.39, 0.29) is 11.8 Å².